The summed E-state index contributed by atoms with van der Waals surface area (Å²) in [5.41, 5.74) is 0.366. The van der Waals surface area contributed by atoms with Gasteiger partial charge >= 0.3 is 6.03 Å². The Morgan fingerprint density at radius 3 is 2.47 bits per heavy atom. The second-order valence-corrected chi connectivity index (χ2v) is 3.37. The highest BCUT2D eigenvalue weighted by Gasteiger charge is 2.10. The van der Waals surface area contributed by atoms with Crippen molar-refractivity contribution in [1.82, 2.24) is 10.6 Å². The zero-order valence-electron chi connectivity index (χ0n) is 9.09. The van der Waals surface area contributed by atoms with Gasteiger partial charge in [0.05, 0.1) is 12.7 Å². The van der Waals surface area contributed by atoms with Gasteiger partial charge in [-0.05, 0) is 12.1 Å². The highest BCUT2D eigenvalue weighted by Crippen LogP contribution is 1.97. The molecule has 0 aliphatic heterocycles. The van der Waals surface area contributed by atoms with Crippen LogP contribution in [0.15, 0.2) is 30.3 Å². The number of rotatable bonds is 4. The quantitative estimate of drug-likeness (QED) is 0.567. The van der Waals surface area contributed by atoms with E-state index < -0.39 is 24.6 Å². The van der Waals surface area contributed by atoms with Crippen molar-refractivity contribution in [3.05, 3.63) is 35.9 Å². The molecule has 1 aromatic carbocycles. The molecule has 0 radical (unpaired) electrons. The summed E-state index contributed by atoms with van der Waals surface area (Å²) in [5.74, 6) is -0.526. The molecule has 1 rings (SSSR count). The van der Waals surface area contributed by atoms with E-state index in [9.17, 15) is 9.59 Å². The Morgan fingerprint density at radius 1 is 1.24 bits per heavy atom. The van der Waals surface area contributed by atoms with Gasteiger partial charge in [0.1, 0.15) is 0 Å². The second kappa shape index (κ2) is 6.62. The molecule has 6 nitrogen and oxygen atoms in total. The number of carbonyl (C=O) groups is 2. The fraction of sp³-hybridized carbons (Fsp3) is 0.273. The smallest absolute Gasteiger partial charge is 0.321 e. The Labute approximate surface area is 98.3 Å². The van der Waals surface area contributed by atoms with Gasteiger partial charge in [0.2, 0.25) is 0 Å². The minimum absolute atomic E-state index is 0.121. The summed E-state index contributed by atoms with van der Waals surface area (Å²) in [5, 5.41) is 21.8. The fourth-order valence-electron chi connectivity index (χ4n) is 1.08. The monoisotopic (exact) mass is 238 g/mol. The van der Waals surface area contributed by atoms with Crippen molar-refractivity contribution < 1.29 is 19.8 Å². The summed E-state index contributed by atoms with van der Waals surface area (Å²) in [6.45, 7) is -0.572. The Balaban J connectivity index is 2.39. The topological polar surface area (TPSA) is 98.7 Å². The van der Waals surface area contributed by atoms with Crippen LogP contribution in [0.2, 0.25) is 0 Å². The Morgan fingerprint density at radius 2 is 1.88 bits per heavy atom. The van der Waals surface area contributed by atoms with Gasteiger partial charge in [-0.3, -0.25) is 10.1 Å². The van der Waals surface area contributed by atoms with Gasteiger partial charge in [-0.15, -0.1) is 0 Å². The van der Waals surface area contributed by atoms with Crippen molar-refractivity contribution in [2.24, 2.45) is 0 Å². The molecule has 0 saturated heterocycles. The van der Waals surface area contributed by atoms with Crippen molar-refractivity contribution in [3.8, 4) is 0 Å². The van der Waals surface area contributed by atoms with Crippen LogP contribution >= 0.6 is 0 Å². The largest absolute Gasteiger partial charge is 0.394 e. The first-order valence-electron chi connectivity index (χ1n) is 5.06. The molecule has 0 bridgehead atoms. The van der Waals surface area contributed by atoms with E-state index in [1.165, 1.54) is 0 Å². The number of hydrogen-bond donors (Lipinski definition) is 4. The maximum atomic E-state index is 11.5. The van der Waals surface area contributed by atoms with Crippen LogP contribution in [0.4, 0.5) is 4.79 Å². The van der Waals surface area contributed by atoms with Crippen molar-refractivity contribution >= 4 is 11.9 Å². The van der Waals surface area contributed by atoms with E-state index in [-0.39, 0.29) is 6.54 Å². The van der Waals surface area contributed by atoms with Crippen molar-refractivity contribution in [2.45, 2.75) is 6.10 Å². The summed E-state index contributed by atoms with van der Waals surface area (Å²) in [7, 11) is 0. The van der Waals surface area contributed by atoms with E-state index in [1.807, 2.05) is 0 Å². The first-order chi connectivity index (χ1) is 8.13. The van der Waals surface area contributed by atoms with Crippen LogP contribution in [0.25, 0.3) is 0 Å². The third kappa shape index (κ3) is 4.62. The molecule has 6 heteroatoms. The maximum absolute atomic E-state index is 11.5. The van der Waals surface area contributed by atoms with Crippen LogP contribution < -0.4 is 10.6 Å². The van der Waals surface area contributed by atoms with Crippen LogP contribution in [0, 0.1) is 0 Å². The summed E-state index contributed by atoms with van der Waals surface area (Å²) in [4.78, 5) is 22.7. The lowest BCUT2D eigenvalue weighted by molar-refractivity contribution is 0.0925. The average molecular weight is 238 g/mol. The zero-order valence-corrected chi connectivity index (χ0v) is 9.09. The van der Waals surface area contributed by atoms with E-state index in [4.69, 9.17) is 10.2 Å². The number of benzene rings is 1. The summed E-state index contributed by atoms with van der Waals surface area (Å²) in [6, 6.07) is 7.56. The molecular weight excluding hydrogens is 224 g/mol. The molecule has 0 fully saturated rings. The van der Waals surface area contributed by atoms with Gasteiger partial charge in [-0.2, -0.15) is 0 Å². The molecule has 0 aliphatic carbocycles. The number of aliphatic hydroxyl groups excluding tert-OH is 2. The van der Waals surface area contributed by atoms with Crippen molar-refractivity contribution in [2.75, 3.05) is 13.2 Å². The highest BCUT2D eigenvalue weighted by atomic mass is 16.3. The molecule has 92 valence electrons. The van der Waals surface area contributed by atoms with Gasteiger partial charge in [0, 0.05) is 12.1 Å². The van der Waals surface area contributed by atoms with Gasteiger partial charge < -0.3 is 15.5 Å². The van der Waals surface area contributed by atoms with Crippen LogP contribution in [-0.4, -0.2) is 41.4 Å². The lowest BCUT2D eigenvalue weighted by Crippen LogP contribution is -2.43. The molecule has 0 heterocycles. The molecule has 0 aliphatic rings. The van der Waals surface area contributed by atoms with E-state index in [1.54, 1.807) is 30.3 Å². The molecule has 17 heavy (non-hydrogen) atoms. The molecule has 0 saturated carbocycles. The summed E-state index contributed by atoms with van der Waals surface area (Å²) >= 11 is 0. The molecule has 3 amide bonds. The fourth-order valence-corrected chi connectivity index (χ4v) is 1.08. The molecule has 1 atom stereocenters. The van der Waals surface area contributed by atoms with Crippen LogP contribution in [0.5, 0.6) is 0 Å². The first kappa shape index (κ1) is 13.1. The first-order valence-corrected chi connectivity index (χ1v) is 5.06. The van der Waals surface area contributed by atoms with E-state index in [0.717, 1.165) is 0 Å². The van der Waals surface area contributed by atoms with E-state index >= 15 is 0 Å². The van der Waals surface area contributed by atoms with Gasteiger partial charge in [-0.25, -0.2) is 4.79 Å². The van der Waals surface area contributed by atoms with Crippen LogP contribution in [0.3, 0.4) is 0 Å². The number of aliphatic hydroxyl groups is 2. The zero-order chi connectivity index (χ0) is 12.7. The van der Waals surface area contributed by atoms with Gasteiger partial charge in [-0.1, -0.05) is 18.2 Å². The lowest BCUT2D eigenvalue weighted by Gasteiger charge is -2.09. The number of nitrogens with one attached hydrogen (secondary N) is 2. The van der Waals surface area contributed by atoms with Crippen molar-refractivity contribution in [3.63, 3.8) is 0 Å². The average Bonchev–Trinajstić information content (AvgIpc) is 2.36. The predicted octanol–water partition coefficient (Wildman–Crippen LogP) is -0.521. The minimum atomic E-state index is -1.03. The van der Waals surface area contributed by atoms with Gasteiger partial charge in [0.25, 0.3) is 5.91 Å². The van der Waals surface area contributed by atoms with Crippen LogP contribution in [-0.2, 0) is 0 Å². The number of carbonyl (C=O) groups excluding carboxylic acids is 2. The third-order valence-electron chi connectivity index (χ3n) is 1.97. The SMILES string of the molecule is O=C(NCC(O)CO)NC(=O)c1ccccc1. The predicted molar refractivity (Wildman–Crippen MR) is 60.4 cm³/mol. The molecule has 4 N–H and O–H groups in total. The number of hydrogen-bond acceptors (Lipinski definition) is 4. The Bertz CT molecular complexity index is 380. The lowest BCUT2D eigenvalue weighted by atomic mass is 10.2. The normalized spacial score (nSPS) is 11.6. The van der Waals surface area contributed by atoms with E-state index in [2.05, 4.69) is 10.6 Å². The Kier molecular flexibility index (Phi) is 5.12. The number of imide groups is 1. The van der Waals surface area contributed by atoms with Gasteiger partial charge in [0.15, 0.2) is 0 Å². The summed E-state index contributed by atoms with van der Waals surface area (Å²) < 4.78 is 0. The summed E-state index contributed by atoms with van der Waals surface area (Å²) in [6.07, 6.45) is -1.03. The standard InChI is InChI=1S/C11H14N2O4/c14-7-9(15)6-12-11(17)13-10(16)8-4-2-1-3-5-8/h1-5,9,14-15H,6-7H2,(H2,12,13,16,17). The number of amides is 3. The minimum Gasteiger partial charge on any atom is -0.394 e. The van der Waals surface area contributed by atoms with E-state index in [0.29, 0.717) is 5.56 Å². The highest BCUT2D eigenvalue weighted by molar-refractivity contribution is 6.04. The molecule has 0 spiro atoms. The maximum Gasteiger partial charge on any atom is 0.321 e. The molecule has 0 aromatic heterocycles. The third-order valence-corrected chi connectivity index (χ3v) is 1.97. The molecule has 1 aromatic rings. The molecular formula is C11H14N2O4. The number of urea groups is 1. The van der Waals surface area contributed by atoms with Crippen LogP contribution in [0.1, 0.15) is 10.4 Å². The Hall–Kier alpha value is -1.92. The second-order valence-electron chi connectivity index (χ2n) is 3.37. The molecule has 1 unspecified atom stereocenters. The van der Waals surface area contributed by atoms with Crippen molar-refractivity contribution in [1.29, 1.82) is 0 Å².